The molecule has 0 saturated carbocycles. The third-order valence-electron chi connectivity index (χ3n) is 4.61. The fourth-order valence-corrected chi connectivity index (χ4v) is 3.23. The second-order valence-electron chi connectivity index (χ2n) is 6.59. The Morgan fingerprint density at radius 2 is 1.15 bits per heavy atom. The van der Waals surface area contributed by atoms with Crippen LogP contribution in [0.2, 0.25) is 0 Å². The highest BCUT2D eigenvalue weighted by atomic mass is 16.2. The molecule has 1 amide bonds. The molecule has 4 heteroatoms. The Morgan fingerprint density at radius 3 is 1.56 bits per heavy atom. The van der Waals surface area contributed by atoms with Crippen LogP contribution >= 0.6 is 0 Å². The van der Waals surface area contributed by atoms with Crippen LogP contribution in [-0.2, 0) is 24.3 Å². The van der Waals surface area contributed by atoms with Gasteiger partial charge in [0.1, 0.15) is 0 Å². The summed E-state index contributed by atoms with van der Waals surface area (Å²) in [5.41, 5.74) is 5.79. The third kappa shape index (κ3) is 5.51. The van der Waals surface area contributed by atoms with Gasteiger partial charge in [-0.05, 0) is 23.1 Å². The standard InChI is InChI=1S/C23H25N3O/c24-25-23(27)22(16-19-10-4-1-5-11-19)26(17-20-12-6-2-7-13-20)18-21-14-8-3-9-15-21/h1-15,22H,16-18,24H2,(H,25,27). The topological polar surface area (TPSA) is 58.4 Å². The molecule has 4 nitrogen and oxygen atoms in total. The van der Waals surface area contributed by atoms with E-state index >= 15 is 0 Å². The number of benzene rings is 3. The smallest absolute Gasteiger partial charge is 0.251 e. The van der Waals surface area contributed by atoms with E-state index in [1.165, 1.54) is 0 Å². The first kappa shape index (κ1) is 18.8. The van der Waals surface area contributed by atoms with Crippen molar-refractivity contribution in [3.63, 3.8) is 0 Å². The summed E-state index contributed by atoms with van der Waals surface area (Å²) in [4.78, 5) is 14.8. The van der Waals surface area contributed by atoms with E-state index in [4.69, 9.17) is 5.84 Å². The van der Waals surface area contributed by atoms with Crippen LogP contribution in [0.1, 0.15) is 16.7 Å². The molecule has 1 atom stereocenters. The Hall–Kier alpha value is -2.95. The lowest BCUT2D eigenvalue weighted by atomic mass is 10.0. The maximum absolute atomic E-state index is 12.7. The lowest BCUT2D eigenvalue weighted by Gasteiger charge is -2.31. The first-order valence-electron chi connectivity index (χ1n) is 9.12. The predicted molar refractivity (Wildman–Crippen MR) is 108 cm³/mol. The summed E-state index contributed by atoms with van der Waals surface area (Å²) in [6.45, 7) is 1.33. The van der Waals surface area contributed by atoms with Gasteiger partial charge in [0.05, 0.1) is 6.04 Å². The van der Waals surface area contributed by atoms with Gasteiger partial charge in [-0.2, -0.15) is 0 Å². The molecule has 3 aromatic rings. The summed E-state index contributed by atoms with van der Waals surface area (Å²) < 4.78 is 0. The Kier molecular flexibility index (Phi) is 6.74. The molecule has 0 saturated heterocycles. The molecule has 3 N–H and O–H groups in total. The average Bonchev–Trinajstić information content (AvgIpc) is 2.73. The van der Waals surface area contributed by atoms with Gasteiger partial charge in [0.2, 0.25) is 0 Å². The number of hydrazine groups is 1. The fraction of sp³-hybridized carbons (Fsp3) is 0.174. The Labute approximate surface area is 160 Å². The van der Waals surface area contributed by atoms with Gasteiger partial charge in [0.25, 0.3) is 5.91 Å². The zero-order valence-corrected chi connectivity index (χ0v) is 15.3. The lowest BCUT2D eigenvalue weighted by molar-refractivity contribution is -0.127. The molecule has 0 aromatic heterocycles. The number of hydrogen-bond donors (Lipinski definition) is 2. The van der Waals surface area contributed by atoms with Crippen molar-refractivity contribution in [2.75, 3.05) is 0 Å². The van der Waals surface area contributed by atoms with Crippen molar-refractivity contribution >= 4 is 5.91 Å². The molecule has 3 rings (SSSR count). The van der Waals surface area contributed by atoms with Crippen molar-refractivity contribution in [2.24, 2.45) is 5.84 Å². The van der Waals surface area contributed by atoms with Gasteiger partial charge in [-0.25, -0.2) is 5.84 Å². The molecule has 0 radical (unpaired) electrons. The normalized spacial score (nSPS) is 11.9. The predicted octanol–water partition coefficient (Wildman–Crippen LogP) is 3.29. The molecule has 1 unspecified atom stereocenters. The van der Waals surface area contributed by atoms with Gasteiger partial charge in [-0.3, -0.25) is 15.1 Å². The molecule has 3 aromatic carbocycles. The van der Waals surface area contributed by atoms with Crippen molar-refractivity contribution in [2.45, 2.75) is 25.6 Å². The maximum Gasteiger partial charge on any atom is 0.251 e. The fourth-order valence-electron chi connectivity index (χ4n) is 3.23. The van der Waals surface area contributed by atoms with Crippen molar-refractivity contribution in [1.82, 2.24) is 10.3 Å². The quantitative estimate of drug-likeness (QED) is 0.369. The zero-order chi connectivity index (χ0) is 18.9. The number of carbonyl (C=O) groups is 1. The van der Waals surface area contributed by atoms with Crippen LogP contribution in [0.15, 0.2) is 91.0 Å². The van der Waals surface area contributed by atoms with Crippen LogP contribution in [-0.4, -0.2) is 16.8 Å². The average molecular weight is 359 g/mol. The largest absolute Gasteiger partial charge is 0.293 e. The summed E-state index contributed by atoms with van der Waals surface area (Å²) >= 11 is 0. The minimum atomic E-state index is -0.363. The summed E-state index contributed by atoms with van der Waals surface area (Å²) in [6.07, 6.45) is 0.601. The second kappa shape index (κ2) is 9.67. The van der Waals surface area contributed by atoms with Crippen molar-refractivity contribution in [1.29, 1.82) is 0 Å². The minimum absolute atomic E-state index is 0.175. The molecular formula is C23H25N3O. The van der Waals surface area contributed by atoms with E-state index < -0.39 is 0 Å². The highest BCUT2D eigenvalue weighted by Crippen LogP contribution is 2.17. The van der Waals surface area contributed by atoms with Crippen LogP contribution < -0.4 is 11.3 Å². The molecule has 0 spiro atoms. The number of amides is 1. The number of nitrogens with two attached hydrogens (primary N) is 1. The van der Waals surface area contributed by atoms with E-state index in [0.717, 1.165) is 16.7 Å². The van der Waals surface area contributed by atoms with Gasteiger partial charge in [0.15, 0.2) is 0 Å². The molecule has 0 aliphatic heterocycles. The van der Waals surface area contributed by atoms with Gasteiger partial charge in [-0.15, -0.1) is 0 Å². The molecule has 0 fully saturated rings. The Balaban J connectivity index is 1.89. The summed E-state index contributed by atoms with van der Waals surface area (Å²) in [7, 11) is 0. The summed E-state index contributed by atoms with van der Waals surface area (Å²) in [5, 5.41) is 0. The highest BCUT2D eigenvalue weighted by Gasteiger charge is 2.26. The zero-order valence-electron chi connectivity index (χ0n) is 15.3. The number of rotatable bonds is 8. The van der Waals surface area contributed by atoms with Gasteiger partial charge in [0, 0.05) is 13.1 Å². The van der Waals surface area contributed by atoms with Crippen LogP contribution in [0.25, 0.3) is 0 Å². The summed E-state index contributed by atoms with van der Waals surface area (Å²) in [6, 6.07) is 30.1. The van der Waals surface area contributed by atoms with E-state index in [9.17, 15) is 4.79 Å². The SMILES string of the molecule is NNC(=O)C(Cc1ccccc1)N(Cc1ccccc1)Cc1ccccc1. The van der Waals surface area contributed by atoms with Crippen molar-refractivity contribution < 1.29 is 4.79 Å². The monoisotopic (exact) mass is 359 g/mol. The number of nitrogens with one attached hydrogen (secondary N) is 1. The number of hydrogen-bond acceptors (Lipinski definition) is 3. The molecular weight excluding hydrogens is 334 g/mol. The molecule has 27 heavy (non-hydrogen) atoms. The van der Waals surface area contributed by atoms with Gasteiger partial charge < -0.3 is 0 Å². The first-order valence-corrected chi connectivity index (χ1v) is 9.12. The lowest BCUT2D eigenvalue weighted by Crippen LogP contribution is -2.49. The van der Waals surface area contributed by atoms with Crippen molar-refractivity contribution in [3.8, 4) is 0 Å². The molecule has 0 heterocycles. The maximum atomic E-state index is 12.7. The minimum Gasteiger partial charge on any atom is -0.293 e. The third-order valence-corrected chi connectivity index (χ3v) is 4.61. The molecule has 0 aliphatic rings. The highest BCUT2D eigenvalue weighted by molar-refractivity contribution is 5.81. The number of nitrogens with zero attached hydrogens (tertiary/aromatic N) is 1. The van der Waals surface area contributed by atoms with Crippen LogP contribution in [0.5, 0.6) is 0 Å². The van der Waals surface area contributed by atoms with E-state index in [1.807, 2.05) is 66.7 Å². The van der Waals surface area contributed by atoms with E-state index in [-0.39, 0.29) is 11.9 Å². The summed E-state index contributed by atoms with van der Waals surface area (Å²) in [5.74, 6) is 5.35. The Bertz CT molecular complexity index is 781. The first-order chi connectivity index (χ1) is 13.3. The van der Waals surface area contributed by atoms with E-state index in [1.54, 1.807) is 0 Å². The van der Waals surface area contributed by atoms with E-state index in [2.05, 4.69) is 34.6 Å². The van der Waals surface area contributed by atoms with E-state index in [0.29, 0.717) is 19.5 Å². The Morgan fingerprint density at radius 1 is 0.741 bits per heavy atom. The van der Waals surface area contributed by atoms with Gasteiger partial charge >= 0.3 is 0 Å². The van der Waals surface area contributed by atoms with Gasteiger partial charge in [-0.1, -0.05) is 91.0 Å². The molecule has 138 valence electrons. The van der Waals surface area contributed by atoms with Crippen LogP contribution in [0.4, 0.5) is 0 Å². The molecule has 0 bridgehead atoms. The van der Waals surface area contributed by atoms with Crippen molar-refractivity contribution in [3.05, 3.63) is 108 Å². The second-order valence-corrected chi connectivity index (χ2v) is 6.59. The van der Waals surface area contributed by atoms with Crippen LogP contribution in [0.3, 0.4) is 0 Å². The molecule has 0 aliphatic carbocycles. The number of carbonyl (C=O) groups excluding carboxylic acids is 1. The van der Waals surface area contributed by atoms with Crippen LogP contribution in [0, 0.1) is 0 Å².